The first kappa shape index (κ1) is 22.0. The first-order valence-electron chi connectivity index (χ1n) is 9.56. The lowest BCUT2D eigenvalue weighted by Gasteiger charge is -2.41. The van der Waals surface area contributed by atoms with Gasteiger partial charge >= 0.3 is 0 Å². The topological polar surface area (TPSA) is 108 Å². The zero-order chi connectivity index (χ0) is 19.6. The van der Waals surface area contributed by atoms with Crippen LogP contribution in [-0.4, -0.2) is 37.3 Å². The molecule has 0 aromatic carbocycles. The molecule has 3 N–H and O–H groups in total. The molecule has 154 valence electrons. The van der Waals surface area contributed by atoms with Crippen LogP contribution in [-0.2, 0) is 24.6 Å². The molecule has 1 saturated heterocycles. The van der Waals surface area contributed by atoms with Crippen molar-refractivity contribution in [1.82, 2.24) is 0 Å². The van der Waals surface area contributed by atoms with Crippen molar-refractivity contribution in [2.45, 2.75) is 83.7 Å². The zero-order valence-electron chi connectivity index (χ0n) is 16.5. The Labute approximate surface area is 157 Å². The summed E-state index contributed by atoms with van der Waals surface area (Å²) in [6.45, 7) is 7.77. The highest BCUT2D eigenvalue weighted by Crippen LogP contribution is 2.51. The highest BCUT2D eigenvalue weighted by molar-refractivity contribution is 7.85. The number of rotatable bonds is 1. The Hall–Kier alpha value is -0.250. The average Bonchev–Trinajstić information content (AvgIpc) is 2.84. The number of hydrogen-bond donors (Lipinski definition) is 2. The van der Waals surface area contributed by atoms with Crippen molar-refractivity contribution in [1.29, 1.82) is 0 Å². The maximum atomic E-state index is 9.19. The molecule has 2 saturated carbocycles. The number of hydrogen-bond acceptors (Lipinski definition) is 6. The lowest BCUT2D eigenvalue weighted by atomic mass is 9.71. The molecular weight excluding hydrogens is 358 g/mol. The average molecular weight is 394 g/mol. The summed E-state index contributed by atoms with van der Waals surface area (Å²) in [4.78, 5) is 11.5. The molecule has 2 spiro atoms. The fraction of sp³-hybridized carbons (Fsp3) is 1.00. The fourth-order valence-electron chi connectivity index (χ4n) is 4.17. The van der Waals surface area contributed by atoms with E-state index in [1.807, 2.05) is 0 Å². The quantitative estimate of drug-likeness (QED) is 0.520. The van der Waals surface area contributed by atoms with Gasteiger partial charge in [0, 0.05) is 25.7 Å². The molecule has 0 amide bonds. The monoisotopic (exact) mass is 393 g/mol. The summed E-state index contributed by atoms with van der Waals surface area (Å²) in [5, 5.41) is 0. The van der Waals surface area contributed by atoms with Crippen LogP contribution in [0.1, 0.15) is 72.1 Å². The minimum atomic E-state index is -3.67. The third-order valence-corrected chi connectivity index (χ3v) is 5.89. The molecule has 0 radical (unpaired) electrons. The largest absolute Gasteiger partial charge is 0.330 e. The van der Waals surface area contributed by atoms with Gasteiger partial charge in [0.1, 0.15) is 0 Å². The van der Waals surface area contributed by atoms with Crippen LogP contribution in [0.4, 0.5) is 0 Å². The van der Waals surface area contributed by atoms with Gasteiger partial charge in [0.05, 0.1) is 6.26 Å². The van der Waals surface area contributed by atoms with Crippen LogP contribution in [0.2, 0.25) is 0 Å². The maximum absolute atomic E-state index is 9.19. The summed E-state index contributed by atoms with van der Waals surface area (Å²) in [7, 11) is -3.67. The van der Waals surface area contributed by atoms with E-state index < -0.39 is 21.7 Å². The molecule has 3 aliphatic rings. The van der Waals surface area contributed by atoms with Crippen LogP contribution in [0.25, 0.3) is 0 Å². The third-order valence-electron chi connectivity index (χ3n) is 5.89. The van der Waals surface area contributed by atoms with E-state index in [0.29, 0.717) is 17.6 Å². The van der Waals surface area contributed by atoms with Gasteiger partial charge in [-0.1, -0.05) is 20.8 Å². The summed E-state index contributed by atoms with van der Waals surface area (Å²) in [6.07, 6.45) is 8.95. The van der Waals surface area contributed by atoms with E-state index in [1.54, 1.807) is 0 Å². The summed E-state index contributed by atoms with van der Waals surface area (Å²) in [5.41, 5.74) is 6.14. The van der Waals surface area contributed by atoms with Crippen LogP contribution in [0.15, 0.2) is 0 Å². The molecule has 0 aromatic rings. The van der Waals surface area contributed by atoms with Crippen molar-refractivity contribution in [2.24, 2.45) is 23.0 Å². The molecule has 1 heterocycles. The van der Waals surface area contributed by atoms with Gasteiger partial charge in [-0.25, -0.2) is 0 Å². The zero-order valence-corrected chi connectivity index (χ0v) is 17.3. The molecule has 3 fully saturated rings. The fourth-order valence-corrected chi connectivity index (χ4v) is 4.17. The molecule has 26 heavy (non-hydrogen) atoms. The third kappa shape index (κ3) is 6.14. The predicted molar refractivity (Wildman–Crippen MR) is 98.6 cm³/mol. The van der Waals surface area contributed by atoms with Gasteiger partial charge in [-0.2, -0.15) is 18.2 Å². The Morgan fingerprint density at radius 1 is 1.00 bits per heavy atom. The van der Waals surface area contributed by atoms with Crippen molar-refractivity contribution < 1.29 is 27.5 Å². The summed E-state index contributed by atoms with van der Waals surface area (Å²) >= 11 is 0. The van der Waals surface area contributed by atoms with Crippen molar-refractivity contribution in [2.75, 3.05) is 12.8 Å². The van der Waals surface area contributed by atoms with Gasteiger partial charge in [-0.3, -0.25) is 4.55 Å². The van der Waals surface area contributed by atoms with E-state index in [0.717, 1.165) is 63.8 Å². The molecule has 0 atom stereocenters. The molecule has 0 bridgehead atoms. The highest BCUT2D eigenvalue weighted by atomic mass is 32.2. The van der Waals surface area contributed by atoms with Gasteiger partial charge in [-0.15, -0.1) is 0 Å². The van der Waals surface area contributed by atoms with E-state index in [1.165, 1.54) is 0 Å². The van der Waals surface area contributed by atoms with Gasteiger partial charge in [-0.05, 0) is 49.5 Å². The molecule has 0 aromatic heterocycles. The van der Waals surface area contributed by atoms with E-state index in [2.05, 4.69) is 20.8 Å². The van der Waals surface area contributed by atoms with Crippen LogP contribution >= 0.6 is 0 Å². The van der Waals surface area contributed by atoms with Gasteiger partial charge in [0.25, 0.3) is 10.1 Å². The van der Waals surface area contributed by atoms with E-state index in [-0.39, 0.29) is 0 Å². The molecule has 7 nitrogen and oxygen atoms in total. The second-order valence-electron chi connectivity index (χ2n) is 9.14. The van der Waals surface area contributed by atoms with Gasteiger partial charge in [0.15, 0.2) is 0 Å². The number of nitrogens with two attached hydrogens (primary N) is 1. The van der Waals surface area contributed by atoms with Gasteiger partial charge in [0.2, 0.25) is 11.6 Å². The lowest BCUT2D eigenvalue weighted by molar-refractivity contribution is -0.360. The summed E-state index contributed by atoms with van der Waals surface area (Å²) in [5.74, 6) is 0.410. The summed E-state index contributed by atoms with van der Waals surface area (Å²) < 4.78 is 32.3. The van der Waals surface area contributed by atoms with Crippen molar-refractivity contribution in [3.8, 4) is 0 Å². The normalized spacial score (nSPS) is 38.2. The minimum Gasteiger partial charge on any atom is -0.330 e. The van der Waals surface area contributed by atoms with Crippen molar-refractivity contribution in [3.05, 3.63) is 0 Å². The number of ether oxygens (including phenoxy) is 1. The van der Waals surface area contributed by atoms with Crippen LogP contribution in [0.5, 0.6) is 0 Å². The SMILES string of the molecule is CC(C)(C)C1CCC2(CC1)OOC1(CCC(CN)CC1)O2.CS(=O)(=O)O. The molecular formula is C18H35NO6S. The lowest BCUT2D eigenvalue weighted by Crippen LogP contribution is -2.43. The van der Waals surface area contributed by atoms with Crippen molar-refractivity contribution >= 4 is 10.1 Å². The maximum Gasteiger partial charge on any atom is 0.261 e. The molecule has 2 aliphatic carbocycles. The van der Waals surface area contributed by atoms with E-state index in [9.17, 15) is 8.42 Å². The molecule has 1 aliphatic heterocycles. The van der Waals surface area contributed by atoms with Gasteiger partial charge < -0.3 is 10.5 Å². The molecule has 0 unspecified atom stereocenters. The predicted octanol–water partition coefficient (Wildman–Crippen LogP) is 3.25. The van der Waals surface area contributed by atoms with Crippen LogP contribution < -0.4 is 5.73 Å². The Morgan fingerprint density at radius 3 is 1.73 bits per heavy atom. The van der Waals surface area contributed by atoms with Crippen LogP contribution in [0.3, 0.4) is 0 Å². The standard InChI is InChI=1S/C17H31NO3.CH4O3S/c1-15(2,3)14-6-10-17(11-7-14)19-16(20-21-17)8-4-13(12-18)5-9-16;1-5(2,3)4/h13-14H,4-12,18H2,1-3H3;1H3,(H,2,3,4). The van der Waals surface area contributed by atoms with Crippen molar-refractivity contribution in [3.63, 3.8) is 0 Å². The van der Waals surface area contributed by atoms with E-state index in [4.69, 9.17) is 24.8 Å². The summed E-state index contributed by atoms with van der Waals surface area (Å²) in [6, 6.07) is 0. The first-order chi connectivity index (χ1) is 11.9. The van der Waals surface area contributed by atoms with E-state index >= 15 is 0 Å². The first-order valence-corrected chi connectivity index (χ1v) is 11.4. The second-order valence-corrected chi connectivity index (χ2v) is 10.6. The molecule has 8 heteroatoms. The minimum absolute atomic E-state index is 0.373. The second kappa shape index (κ2) is 8.01. The molecule has 3 rings (SSSR count). The van der Waals surface area contributed by atoms with Crippen LogP contribution in [0, 0.1) is 17.3 Å². The Morgan fingerprint density at radius 2 is 1.38 bits per heavy atom. The Balaban J connectivity index is 0.000000431. The Kier molecular flexibility index (Phi) is 6.79. The smallest absolute Gasteiger partial charge is 0.261 e. The Bertz CT molecular complexity index is 547. The highest BCUT2D eigenvalue weighted by Gasteiger charge is 2.55.